The molecule has 0 fully saturated rings. The van der Waals surface area contributed by atoms with Crippen molar-refractivity contribution in [3.05, 3.63) is 65.5 Å². The summed E-state index contributed by atoms with van der Waals surface area (Å²) in [6.45, 7) is 3.85. The standard InChI is InChI=1S/C20H17N3O/c1-12-8-9-17-19(20(12)24)22-16-10-13(2)15(21)11-18(16)23(17)14-6-4-3-5-7-14/h3-12,21H,1-2H3/p+1. The Balaban J connectivity index is 2.17. The number of anilines is 1. The van der Waals surface area contributed by atoms with E-state index in [1.807, 2.05) is 68.5 Å². The average Bonchev–Trinajstić information content (AvgIpc) is 2.59. The van der Waals surface area contributed by atoms with E-state index in [0.717, 1.165) is 28.0 Å². The smallest absolute Gasteiger partial charge is 0.240 e. The summed E-state index contributed by atoms with van der Waals surface area (Å²) in [6, 6.07) is 13.9. The first-order chi connectivity index (χ1) is 11.6. The van der Waals surface area contributed by atoms with Gasteiger partial charge in [0, 0.05) is 35.9 Å². The monoisotopic (exact) mass is 316 g/mol. The molecule has 1 atom stereocenters. The Morgan fingerprint density at radius 1 is 1.17 bits per heavy atom. The van der Waals surface area contributed by atoms with Crippen LogP contribution in [0.3, 0.4) is 0 Å². The highest BCUT2D eigenvalue weighted by atomic mass is 16.1. The first-order valence-corrected chi connectivity index (χ1v) is 8.00. The minimum absolute atomic E-state index is 0.0496. The average molecular weight is 316 g/mol. The zero-order valence-electron chi connectivity index (χ0n) is 13.7. The third-order valence-electron chi connectivity index (χ3n) is 4.52. The molecule has 0 saturated carbocycles. The number of nitrogens with two attached hydrogens (primary N) is 1. The Morgan fingerprint density at radius 3 is 2.67 bits per heavy atom. The third kappa shape index (κ3) is 2.11. The lowest BCUT2D eigenvalue weighted by Gasteiger charge is -2.14. The zero-order chi connectivity index (χ0) is 16.8. The van der Waals surface area contributed by atoms with Crippen LogP contribution in [0.1, 0.15) is 28.7 Å². The van der Waals surface area contributed by atoms with Crippen molar-refractivity contribution in [1.29, 1.82) is 0 Å². The number of Topliss-reactive ketones (excluding diaryl/α,β-unsaturated/α-hetero) is 1. The summed E-state index contributed by atoms with van der Waals surface area (Å²) in [5, 5.41) is 0. The molecule has 1 heterocycles. The number of aryl methyl sites for hydroxylation is 1. The van der Waals surface area contributed by atoms with E-state index in [2.05, 4.69) is 9.55 Å². The summed E-state index contributed by atoms with van der Waals surface area (Å²) in [5.41, 5.74) is 11.8. The van der Waals surface area contributed by atoms with Crippen molar-refractivity contribution in [3.8, 4) is 5.69 Å². The maximum absolute atomic E-state index is 12.6. The van der Waals surface area contributed by atoms with Gasteiger partial charge in [0.25, 0.3) is 0 Å². The summed E-state index contributed by atoms with van der Waals surface area (Å²) < 4.78 is 2.06. The molecule has 1 unspecified atom stereocenters. The van der Waals surface area contributed by atoms with Crippen LogP contribution in [0.2, 0.25) is 0 Å². The SMILES string of the molecule is Cc1cc2nc3c([n+](-c4ccccc4)c2cc1N)C=CC(C)C3=O. The topological polar surface area (TPSA) is 59.9 Å². The number of rotatable bonds is 1. The summed E-state index contributed by atoms with van der Waals surface area (Å²) in [5.74, 6) is -0.102. The number of aromatic nitrogens is 2. The largest absolute Gasteiger partial charge is 0.398 e. The highest BCUT2D eigenvalue weighted by Gasteiger charge is 2.31. The molecular formula is C20H18N3O+. The first kappa shape index (κ1) is 14.6. The van der Waals surface area contributed by atoms with E-state index < -0.39 is 0 Å². The molecule has 4 nitrogen and oxygen atoms in total. The van der Waals surface area contributed by atoms with Crippen LogP contribution in [0.5, 0.6) is 0 Å². The number of fused-ring (bicyclic) bond motifs is 2. The number of hydrogen-bond acceptors (Lipinski definition) is 3. The van der Waals surface area contributed by atoms with Gasteiger partial charge in [-0.3, -0.25) is 4.79 Å². The summed E-state index contributed by atoms with van der Waals surface area (Å²) in [7, 11) is 0. The molecule has 4 heteroatoms. The Bertz CT molecular complexity index is 1010. The molecule has 1 aliphatic carbocycles. The van der Waals surface area contributed by atoms with E-state index in [4.69, 9.17) is 5.73 Å². The zero-order valence-corrected chi connectivity index (χ0v) is 13.7. The summed E-state index contributed by atoms with van der Waals surface area (Å²) >= 11 is 0. The van der Waals surface area contributed by atoms with Crippen LogP contribution in [0.4, 0.5) is 5.69 Å². The molecule has 2 aromatic carbocycles. The molecule has 2 N–H and O–H groups in total. The van der Waals surface area contributed by atoms with E-state index in [0.29, 0.717) is 11.4 Å². The fourth-order valence-corrected chi connectivity index (χ4v) is 3.11. The van der Waals surface area contributed by atoms with E-state index in [1.54, 1.807) is 0 Å². The molecule has 1 aromatic heterocycles. The number of ketones is 1. The van der Waals surface area contributed by atoms with Gasteiger partial charge in [-0.1, -0.05) is 31.2 Å². The third-order valence-corrected chi connectivity index (χ3v) is 4.52. The molecule has 24 heavy (non-hydrogen) atoms. The predicted molar refractivity (Wildman–Crippen MR) is 95.0 cm³/mol. The quantitative estimate of drug-likeness (QED) is 0.554. The van der Waals surface area contributed by atoms with Crippen LogP contribution < -0.4 is 10.3 Å². The fraction of sp³-hybridized carbons (Fsp3) is 0.150. The number of hydrogen-bond donors (Lipinski definition) is 1. The predicted octanol–water partition coefficient (Wildman–Crippen LogP) is 3.25. The minimum atomic E-state index is -0.151. The minimum Gasteiger partial charge on any atom is -0.398 e. The molecule has 1 aliphatic rings. The number of benzene rings is 2. The maximum Gasteiger partial charge on any atom is 0.240 e. The van der Waals surface area contributed by atoms with Crippen molar-refractivity contribution in [3.63, 3.8) is 0 Å². The highest BCUT2D eigenvalue weighted by molar-refractivity contribution is 6.02. The molecule has 0 spiro atoms. The summed E-state index contributed by atoms with van der Waals surface area (Å²) in [4.78, 5) is 17.3. The van der Waals surface area contributed by atoms with Crippen molar-refractivity contribution < 1.29 is 9.36 Å². The van der Waals surface area contributed by atoms with Crippen LogP contribution >= 0.6 is 0 Å². The van der Waals surface area contributed by atoms with Crippen LogP contribution in [0, 0.1) is 12.8 Å². The molecule has 0 amide bonds. The normalized spacial score (nSPS) is 16.4. The van der Waals surface area contributed by atoms with Crippen molar-refractivity contribution in [2.45, 2.75) is 13.8 Å². The maximum atomic E-state index is 12.6. The Morgan fingerprint density at radius 2 is 1.92 bits per heavy atom. The lowest BCUT2D eigenvalue weighted by atomic mass is 9.95. The van der Waals surface area contributed by atoms with Gasteiger partial charge < -0.3 is 5.73 Å². The van der Waals surface area contributed by atoms with E-state index >= 15 is 0 Å². The van der Waals surface area contributed by atoms with Gasteiger partial charge >= 0.3 is 0 Å². The van der Waals surface area contributed by atoms with Gasteiger partial charge in [-0.15, -0.1) is 4.57 Å². The van der Waals surface area contributed by atoms with Gasteiger partial charge in [-0.25, -0.2) is 4.98 Å². The number of allylic oxidation sites excluding steroid dienone is 1. The highest BCUT2D eigenvalue weighted by Crippen LogP contribution is 2.25. The molecule has 118 valence electrons. The molecule has 3 aromatic rings. The lowest BCUT2D eigenvalue weighted by molar-refractivity contribution is -0.570. The van der Waals surface area contributed by atoms with Gasteiger partial charge in [0.05, 0.1) is 0 Å². The number of carbonyl (C=O) groups excluding carboxylic acids is 1. The fourth-order valence-electron chi connectivity index (χ4n) is 3.11. The van der Waals surface area contributed by atoms with Gasteiger partial charge in [-0.05, 0) is 18.6 Å². The van der Waals surface area contributed by atoms with Crippen LogP contribution in [-0.2, 0) is 0 Å². The Hall–Kier alpha value is -3.01. The van der Waals surface area contributed by atoms with Crippen LogP contribution in [-0.4, -0.2) is 10.8 Å². The van der Waals surface area contributed by atoms with Crippen LogP contribution in [0.15, 0.2) is 48.5 Å². The van der Waals surface area contributed by atoms with Gasteiger partial charge in [0.15, 0.2) is 11.5 Å². The molecule has 4 rings (SSSR count). The second-order valence-electron chi connectivity index (χ2n) is 6.23. The molecule has 0 bridgehead atoms. The number of carbonyl (C=O) groups is 1. The first-order valence-electron chi connectivity index (χ1n) is 8.00. The molecule has 0 aliphatic heterocycles. The molecule has 0 saturated heterocycles. The van der Waals surface area contributed by atoms with Gasteiger partial charge in [0.2, 0.25) is 16.9 Å². The van der Waals surface area contributed by atoms with E-state index in [-0.39, 0.29) is 11.7 Å². The Labute approximate surface area is 140 Å². The number of para-hydroxylation sites is 1. The van der Waals surface area contributed by atoms with Crippen molar-refractivity contribution in [2.75, 3.05) is 5.73 Å². The second-order valence-corrected chi connectivity index (χ2v) is 6.23. The van der Waals surface area contributed by atoms with Crippen molar-refractivity contribution >= 4 is 28.6 Å². The van der Waals surface area contributed by atoms with Crippen molar-refractivity contribution in [1.82, 2.24) is 4.98 Å². The van der Waals surface area contributed by atoms with Gasteiger partial charge in [0.1, 0.15) is 5.52 Å². The lowest BCUT2D eigenvalue weighted by Crippen LogP contribution is -2.39. The van der Waals surface area contributed by atoms with Gasteiger partial charge in [-0.2, -0.15) is 0 Å². The number of nitrogen functional groups attached to an aromatic ring is 1. The summed E-state index contributed by atoms with van der Waals surface area (Å²) in [6.07, 6.45) is 3.91. The van der Waals surface area contributed by atoms with Crippen molar-refractivity contribution in [2.24, 2.45) is 5.92 Å². The molecule has 0 radical (unpaired) electrons. The molecular weight excluding hydrogens is 298 g/mol. The van der Waals surface area contributed by atoms with E-state index in [9.17, 15) is 4.79 Å². The second kappa shape index (κ2) is 5.27. The Kier molecular flexibility index (Phi) is 3.20. The van der Waals surface area contributed by atoms with Crippen LogP contribution in [0.25, 0.3) is 22.8 Å². The number of nitrogens with zero attached hydrogens (tertiary/aromatic N) is 2. The van der Waals surface area contributed by atoms with E-state index in [1.165, 1.54) is 0 Å².